The Morgan fingerprint density at radius 1 is 1.08 bits per heavy atom. The van der Waals surface area contributed by atoms with E-state index in [0.29, 0.717) is 6.10 Å². The summed E-state index contributed by atoms with van der Waals surface area (Å²) in [4.78, 5) is 0. The molecule has 70 valence electrons. The van der Waals surface area contributed by atoms with Gasteiger partial charge in [0.25, 0.3) is 0 Å². The van der Waals surface area contributed by atoms with E-state index in [2.05, 4.69) is 0 Å². The van der Waals surface area contributed by atoms with Crippen molar-refractivity contribution in [3.05, 3.63) is 0 Å². The van der Waals surface area contributed by atoms with E-state index >= 15 is 0 Å². The average Bonchev–Trinajstić information content (AvgIpc) is 2.56. The van der Waals surface area contributed by atoms with Crippen molar-refractivity contribution in [1.82, 2.24) is 0 Å². The Hall–Kier alpha value is -0.0800. The Bertz CT molecular complexity index is 141. The molecule has 2 fully saturated rings. The third-order valence-corrected chi connectivity index (χ3v) is 3.21. The molecule has 2 aliphatic rings. The van der Waals surface area contributed by atoms with Gasteiger partial charge < -0.3 is 9.84 Å². The van der Waals surface area contributed by atoms with Crippen molar-refractivity contribution in [2.24, 2.45) is 5.92 Å². The summed E-state index contributed by atoms with van der Waals surface area (Å²) in [6.07, 6.45) is 7.35. The van der Waals surface area contributed by atoms with Gasteiger partial charge in [0.2, 0.25) is 0 Å². The maximum absolute atomic E-state index is 9.46. The first-order valence-electron chi connectivity index (χ1n) is 5.16. The van der Waals surface area contributed by atoms with Crippen LogP contribution in [0.1, 0.15) is 38.5 Å². The van der Waals surface area contributed by atoms with Crippen LogP contribution in [-0.2, 0) is 4.74 Å². The average molecular weight is 170 g/mol. The van der Waals surface area contributed by atoms with E-state index in [9.17, 15) is 5.11 Å². The van der Waals surface area contributed by atoms with Gasteiger partial charge in [-0.1, -0.05) is 12.8 Å². The molecule has 1 N–H and O–H groups in total. The minimum Gasteiger partial charge on any atom is -0.393 e. The first kappa shape index (κ1) is 8.52. The lowest BCUT2D eigenvalue weighted by Gasteiger charge is -2.30. The first-order chi connectivity index (χ1) is 5.86. The molecule has 0 radical (unpaired) electrons. The van der Waals surface area contributed by atoms with Gasteiger partial charge in [-0.3, -0.25) is 0 Å². The molecule has 0 aromatic heterocycles. The standard InChI is InChI=1S/C10H18O2/c11-9-5-6-12-10(7-9)8-3-1-2-4-8/h8-11H,1-7H2. The number of hydrogen-bond donors (Lipinski definition) is 1. The maximum Gasteiger partial charge on any atom is 0.0627 e. The number of aliphatic hydroxyl groups excluding tert-OH is 1. The predicted octanol–water partition coefficient (Wildman–Crippen LogP) is 1.72. The minimum atomic E-state index is -0.0932. The lowest BCUT2D eigenvalue weighted by molar-refractivity contribution is -0.0679. The van der Waals surface area contributed by atoms with Gasteiger partial charge in [-0.15, -0.1) is 0 Å². The zero-order valence-electron chi connectivity index (χ0n) is 7.54. The Balaban J connectivity index is 1.85. The molecule has 1 heterocycles. The second-order valence-electron chi connectivity index (χ2n) is 4.13. The van der Waals surface area contributed by atoms with Crippen LogP contribution >= 0.6 is 0 Å². The lowest BCUT2D eigenvalue weighted by Crippen LogP contribution is -2.33. The SMILES string of the molecule is OC1CCOC(C2CCCC2)C1. The molecule has 1 saturated carbocycles. The molecule has 0 bridgehead atoms. The van der Waals surface area contributed by atoms with Crippen LogP contribution in [0.3, 0.4) is 0 Å². The Labute approximate surface area is 73.9 Å². The summed E-state index contributed by atoms with van der Waals surface area (Å²) in [6.45, 7) is 0.766. The van der Waals surface area contributed by atoms with Crippen LogP contribution in [0.5, 0.6) is 0 Å². The van der Waals surface area contributed by atoms with Crippen LogP contribution in [0.25, 0.3) is 0 Å². The third kappa shape index (κ3) is 1.80. The smallest absolute Gasteiger partial charge is 0.0627 e. The quantitative estimate of drug-likeness (QED) is 0.649. The van der Waals surface area contributed by atoms with Crippen molar-refractivity contribution in [3.63, 3.8) is 0 Å². The van der Waals surface area contributed by atoms with Crippen molar-refractivity contribution >= 4 is 0 Å². The largest absolute Gasteiger partial charge is 0.393 e. The molecular formula is C10H18O2. The van der Waals surface area contributed by atoms with Crippen LogP contribution in [0.4, 0.5) is 0 Å². The van der Waals surface area contributed by atoms with Crippen LogP contribution in [0, 0.1) is 5.92 Å². The number of aliphatic hydroxyl groups is 1. The number of ether oxygens (including phenoxy) is 1. The Kier molecular flexibility index (Phi) is 2.66. The van der Waals surface area contributed by atoms with Crippen molar-refractivity contribution in [2.45, 2.75) is 50.7 Å². The highest BCUT2D eigenvalue weighted by Crippen LogP contribution is 2.33. The van der Waals surface area contributed by atoms with Crippen molar-refractivity contribution < 1.29 is 9.84 Å². The zero-order chi connectivity index (χ0) is 8.39. The summed E-state index contributed by atoms with van der Waals surface area (Å²) < 4.78 is 5.67. The van der Waals surface area contributed by atoms with Gasteiger partial charge in [-0.25, -0.2) is 0 Å². The molecule has 1 aliphatic heterocycles. The van der Waals surface area contributed by atoms with E-state index in [0.717, 1.165) is 25.4 Å². The Morgan fingerprint density at radius 3 is 2.50 bits per heavy atom. The second kappa shape index (κ2) is 3.75. The van der Waals surface area contributed by atoms with Crippen LogP contribution in [-0.4, -0.2) is 23.9 Å². The van der Waals surface area contributed by atoms with Crippen molar-refractivity contribution in [2.75, 3.05) is 6.61 Å². The molecule has 2 unspecified atom stereocenters. The lowest BCUT2D eigenvalue weighted by atomic mass is 9.93. The van der Waals surface area contributed by atoms with E-state index in [-0.39, 0.29) is 6.10 Å². The summed E-state index contributed by atoms with van der Waals surface area (Å²) in [5.41, 5.74) is 0. The number of rotatable bonds is 1. The molecule has 12 heavy (non-hydrogen) atoms. The maximum atomic E-state index is 9.46. The molecule has 0 amide bonds. The molecule has 1 saturated heterocycles. The van der Waals surface area contributed by atoms with E-state index in [1.165, 1.54) is 25.7 Å². The molecule has 2 rings (SSSR count). The molecule has 0 aromatic carbocycles. The minimum absolute atomic E-state index is 0.0932. The van der Waals surface area contributed by atoms with Crippen LogP contribution in [0.2, 0.25) is 0 Å². The first-order valence-corrected chi connectivity index (χ1v) is 5.16. The molecule has 2 atom stereocenters. The molecule has 2 heteroatoms. The monoisotopic (exact) mass is 170 g/mol. The van der Waals surface area contributed by atoms with E-state index in [1.54, 1.807) is 0 Å². The fourth-order valence-corrected chi connectivity index (χ4v) is 2.47. The van der Waals surface area contributed by atoms with E-state index in [1.807, 2.05) is 0 Å². The second-order valence-corrected chi connectivity index (χ2v) is 4.13. The molecule has 1 aliphatic carbocycles. The van der Waals surface area contributed by atoms with Gasteiger partial charge in [0.05, 0.1) is 12.2 Å². The van der Waals surface area contributed by atoms with Gasteiger partial charge in [0, 0.05) is 6.61 Å². The molecular weight excluding hydrogens is 152 g/mol. The topological polar surface area (TPSA) is 29.5 Å². The highest BCUT2D eigenvalue weighted by molar-refractivity contribution is 4.80. The fourth-order valence-electron chi connectivity index (χ4n) is 2.47. The third-order valence-electron chi connectivity index (χ3n) is 3.21. The van der Waals surface area contributed by atoms with Gasteiger partial charge in [0.1, 0.15) is 0 Å². The van der Waals surface area contributed by atoms with Crippen LogP contribution in [0.15, 0.2) is 0 Å². The summed E-state index contributed by atoms with van der Waals surface area (Å²) in [6, 6.07) is 0. The Morgan fingerprint density at radius 2 is 1.83 bits per heavy atom. The summed E-state index contributed by atoms with van der Waals surface area (Å²) in [5.74, 6) is 0.750. The summed E-state index contributed by atoms with van der Waals surface area (Å²) in [7, 11) is 0. The summed E-state index contributed by atoms with van der Waals surface area (Å²) in [5, 5.41) is 9.46. The number of hydrogen-bond acceptors (Lipinski definition) is 2. The molecule has 0 spiro atoms. The van der Waals surface area contributed by atoms with Gasteiger partial charge >= 0.3 is 0 Å². The van der Waals surface area contributed by atoms with Crippen LogP contribution < -0.4 is 0 Å². The van der Waals surface area contributed by atoms with Crippen molar-refractivity contribution in [3.8, 4) is 0 Å². The molecule has 2 nitrogen and oxygen atoms in total. The van der Waals surface area contributed by atoms with Gasteiger partial charge in [0.15, 0.2) is 0 Å². The summed E-state index contributed by atoms with van der Waals surface area (Å²) >= 11 is 0. The molecule has 0 aromatic rings. The van der Waals surface area contributed by atoms with Gasteiger partial charge in [-0.05, 0) is 31.6 Å². The zero-order valence-corrected chi connectivity index (χ0v) is 7.54. The highest BCUT2D eigenvalue weighted by Gasteiger charge is 2.30. The van der Waals surface area contributed by atoms with E-state index < -0.39 is 0 Å². The predicted molar refractivity (Wildman–Crippen MR) is 46.9 cm³/mol. The fraction of sp³-hybridized carbons (Fsp3) is 1.00. The highest BCUT2D eigenvalue weighted by atomic mass is 16.5. The van der Waals surface area contributed by atoms with Gasteiger partial charge in [-0.2, -0.15) is 0 Å². The van der Waals surface area contributed by atoms with Crippen molar-refractivity contribution in [1.29, 1.82) is 0 Å². The van der Waals surface area contributed by atoms with E-state index in [4.69, 9.17) is 4.74 Å². The normalized spacial score (nSPS) is 38.8.